The molecule has 3 rings (SSSR count). The van der Waals surface area contributed by atoms with Gasteiger partial charge in [-0.2, -0.15) is 5.26 Å². The lowest BCUT2D eigenvalue weighted by Gasteiger charge is -2.10. The molecule has 0 aliphatic heterocycles. The van der Waals surface area contributed by atoms with Gasteiger partial charge in [-0.25, -0.2) is 0 Å². The number of ether oxygens (including phenoxy) is 1. The number of esters is 1. The second-order valence-electron chi connectivity index (χ2n) is 7.69. The smallest absolute Gasteiger partial charge is 0.305 e. The summed E-state index contributed by atoms with van der Waals surface area (Å²) in [6.45, 7) is 0.375. The van der Waals surface area contributed by atoms with Crippen LogP contribution < -0.4 is 10.6 Å². The first-order chi connectivity index (χ1) is 15.6. The third kappa shape index (κ3) is 7.14. The highest BCUT2D eigenvalue weighted by atomic mass is 32.1. The van der Waals surface area contributed by atoms with E-state index in [0.29, 0.717) is 23.6 Å². The number of nitriles is 1. The molecular weight excluding hydrogens is 442 g/mol. The lowest BCUT2D eigenvalue weighted by molar-refractivity contribution is -0.143. The van der Waals surface area contributed by atoms with Crippen LogP contribution in [-0.2, 0) is 33.6 Å². The third-order valence-electron chi connectivity index (χ3n) is 5.26. The molecule has 0 unspecified atom stereocenters. The summed E-state index contributed by atoms with van der Waals surface area (Å²) in [5.41, 5.74) is 2.97. The average Bonchev–Trinajstić information content (AvgIpc) is 3.14. The van der Waals surface area contributed by atoms with Crippen LogP contribution in [0.4, 0.5) is 5.00 Å². The molecule has 1 heterocycles. The molecule has 0 spiro atoms. The van der Waals surface area contributed by atoms with Gasteiger partial charge in [-0.15, -0.1) is 11.3 Å². The number of nitrogens with zero attached hydrogens (tertiary/aromatic N) is 1. The molecule has 0 bridgehead atoms. The number of aryl methyl sites for hydroxylation is 2. The first kappa shape index (κ1) is 23.9. The Kier molecular flexibility index (Phi) is 9.20. The van der Waals surface area contributed by atoms with Gasteiger partial charge in [0.15, 0.2) is 5.11 Å². The van der Waals surface area contributed by atoms with E-state index in [1.165, 1.54) is 21.8 Å². The minimum atomic E-state index is -0.297. The zero-order chi connectivity index (χ0) is 22.8. The van der Waals surface area contributed by atoms with Gasteiger partial charge in [0.2, 0.25) is 5.91 Å². The number of nitrogens with one attached hydrogen (secondary N) is 2. The highest BCUT2D eigenvalue weighted by molar-refractivity contribution is 7.80. The number of benzene rings is 1. The van der Waals surface area contributed by atoms with E-state index in [-0.39, 0.29) is 29.8 Å². The number of anilines is 1. The monoisotopic (exact) mass is 469 g/mol. The van der Waals surface area contributed by atoms with Crippen molar-refractivity contribution in [3.63, 3.8) is 0 Å². The summed E-state index contributed by atoms with van der Waals surface area (Å²) in [5.74, 6) is -0.561. The van der Waals surface area contributed by atoms with Crippen molar-refractivity contribution in [2.45, 2.75) is 57.8 Å². The Balaban J connectivity index is 1.32. The summed E-state index contributed by atoms with van der Waals surface area (Å²) >= 11 is 6.77. The highest BCUT2D eigenvalue weighted by Crippen LogP contribution is 2.37. The van der Waals surface area contributed by atoms with Gasteiger partial charge < -0.3 is 15.4 Å². The topological polar surface area (TPSA) is 91.2 Å². The Labute approximate surface area is 198 Å². The summed E-state index contributed by atoms with van der Waals surface area (Å²) in [6, 6.07) is 12.3. The molecule has 168 valence electrons. The molecular formula is C24H27N3O3S2. The van der Waals surface area contributed by atoms with Crippen molar-refractivity contribution in [2.75, 3.05) is 11.9 Å². The van der Waals surface area contributed by atoms with Gasteiger partial charge in [0.05, 0.1) is 12.2 Å². The number of rotatable bonds is 9. The van der Waals surface area contributed by atoms with Gasteiger partial charge >= 0.3 is 5.97 Å². The molecule has 2 N–H and O–H groups in total. The van der Waals surface area contributed by atoms with Gasteiger partial charge in [0.25, 0.3) is 0 Å². The Bertz CT molecular complexity index is 996. The van der Waals surface area contributed by atoms with E-state index in [1.54, 1.807) is 0 Å². The van der Waals surface area contributed by atoms with Crippen molar-refractivity contribution < 1.29 is 14.3 Å². The molecule has 1 aliphatic rings. The summed E-state index contributed by atoms with van der Waals surface area (Å²) in [6.07, 6.45) is 6.51. The van der Waals surface area contributed by atoms with Crippen LogP contribution in [0.25, 0.3) is 0 Å². The van der Waals surface area contributed by atoms with Crippen LogP contribution in [0.1, 0.15) is 60.1 Å². The number of amides is 1. The van der Waals surface area contributed by atoms with Crippen LogP contribution in [0.3, 0.4) is 0 Å². The summed E-state index contributed by atoms with van der Waals surface area (Å²) in [4.78, 5) is 25.2. The van der Waals surface area contributed by atoms with Gasteiger partial charge in [0, 0.05) is 17.7 Å². The Hall–Kier alpha value is -2.76. The van der Waals surface area contributed by atoms with Crippen LogP contribution in [0.2, 0.25) is 0 Å². The van der Waals surface area contributed by atoms with Crippen molar-refractivity contribution in [3.8, 4) is 6.07 Å². The molecule has 1 aliphatic carbocycles. The molecule has 0 saturated heterocycles. The maximum Gasteiger partial charge on any atom is 0.305 e. The van der Waals surface area contributed by atoms with Gasteiger partial charge in [0.1, 0.15) is 11.1 Å². The molecule has 2 aromatic rings. The second-order valence-corrected chi connectivity index (χ2v) is 9.21. The number of hydrogen-bond donors (Lipinski definition) is 2. The van der Waals surface area contributed by atoms with Gasteiger partial charge in [-0.05, 0) is 68.3 Å². The Morgan fingerprint density at radius 2 is 1.91 bits per heavy atom. The van der Waals surface area contributed by atoms with Crippen LogP contribution in [0.5, 0.6) is 0 Å². The fourth-order valence-corrected chi connectivity index (χ4v) is 5.19. The van der Waals surface area contributed by atoms with Crippen molar-refractivity contribution in [1.82, 2.24) is 5.32 Å². The molecule has 1 amide bonds. The first-order valence-corrected chi connectivity index (χ1v) is 12.1. The predicted molar refractivity (Wildman–Crippen MR) is 130 cm³/mol. The Morgan fingerprint density at radius 3 is 2.69 bits per heavy atom. The van der Waals surface area contributed by atoms with E-state index in [0.717, 1.165) is 44.1 Å². The zero-order valence-electron chi connectivity index (χ0n) is 17.9. The minimum absolute atomic E-state index is 0.174. The largest absolute Gasteiger partial charge is 0.466 e. The van der Waals surface area contributed by atoms with Crippen molar-refractivity contribution in [2.24, 2.45) is 0 Å². The standard InChI is InChI=1S/C24H27N3O3S2/c25-16-19-18-11-4-5-12-20(18)32-23(19)27-24(31)26-21(28)13-6-14-22(29)30-15-7-10-17-8-2-1-3-9-17/h1-3,8-9H,4-7,10-15H2,(H2,26,27,28,31). The van der Waals surface area contributed by atoms with Gasteiger partial charge in [-0.1, -0.05) is 30.3 Å². The maximum atomic E-state index is 12.1. The number of fused-ring (bicyclic) bond motifs is 1. The maximum absolute atomic E-state index is 12.1. The molecule has 0 fully saturated rings. The highest BCUT2D eigenvalue weighted by Gasteiger charge is 2.21. The van der Waals surface area contributed by atoms with E-state index < -0.39 is 0 Å². The van der Waals surface area contributed by atoms with E-state index in [2.05, 4.69) is 16.7 Å². The quantitative estimate of drug-likeness (QED) is 0.315. The van der Waals surface area contributed by atoms with Gasteiger partial charge in [-0.3, -0.25) is 9.59 Å². The third-order valence-corrected chi connectivity index (χ3v) is 6.67. The van der Waals surface area contributed by atoms with Crippen LogP contribution in [-0.4, -0.2) is 23.6 Å². The normalized spacial score (nSPS) is 12.3. The van der Waals surface area contributed by atoms with E-state index in [9.17, 15) is 14.9 Å². The molecule has 0 radical (unpaired) electrons. The molecule has 1 aromatic heterocycles. The van der Waals surface area contributed by atoms with Crippen LogP contribution >= 0.6 is 23.6 Å². The van der Waals surface area contributed by atoms with Crippen LogP contribution in [0, 0.1) is 11.3 Å². The number of thiophene rings is 1. The molecule has 0 saturated carbocycles. The SMILES string of the molecule is N#Cc1c(NC(=S)NC(=O)CCCC(=O)OCCCc2ccccc2)sc2c1CCCC2. The van der Waals surface area contributed by atoms with Crippen molar-refractivity contribution in [3.05, 3.63) is 51.9 Å². The average molecular weight is 470 g/mol. The number of hydrogen-bond acceptors (Lipinski definition) is 6. The van der Waals surface area contributed by atoms with Crippen LogP contribution in [0.15, 0.2) is 30.3 Å². The number of thiocarbonyl (C=S) groups is 1. The van der Waals surface area contributed by atoms with E-state index in [4.69, 9.17) is 17.0 Å². The predicted octanol–water partition coefficient (Wildman–Crippen LogP) is 4.66. The first-order valence-electron chi connectivity index (χ1n) is 10.9. The number of carbonyl (C=O) groups is 2. The second kappa shape index (κ2) is 12.3. The zero-order valence-corrected chi connectivity index (χ0v) is 19.6. The molecule has 8 heteroatoms. The van der Waals surface area contributed by atoms with Crippen molar-refractivity contribution in [1.29, 1.82) is 5.26 Å². The van der Waals surface area contributed by atoms with E-state index >= 15 is 0 Å². The summed E-state index contributed by atoms with van der Waals surface area (Å²) in [7, 11) is 0. The molecule has 1 aromatic carbocycles. The molecule has 0 atom stereocenters. The van der Waals surface area contributed by atoms with Crippen molar-refractivity contribution >= 4 is 45.5 Å². The fourth-order valence-electron chi connectivity index (χ4n) is 3.67. The summed E-state index contributed by atoms with van der Waals surface area (Å²) in [5, 5.41) is 16.0. The molecule has 6 nitrogen and oxygen atoms in total. The molecule has 32 heavy (non-hydrogen) atoms. The minimum Gasteiger partial charge on any atom is -0.466 e. The lowest BCUT2D eigenvalue weighted by Crippen LogP contribution is -2.34. The Morgan fingerprint density at radius 1 is 1.12 bits per heavy atom. The summed E-state index contributed by atoms with van der Waals surface area (Å²) < 4.78 is 5.23. The number of carbonyl (C=O) groups excluding carboxylic acids is 2. The van der Waals surface area contributed by atoms with E-state index in [1.807, 2.05) is 30.3 Å². The fraction of sp³-hybridized carbons (Fsp3) is 0.417. The lowest BCUT2D eigenvalue weighted by atomic mass is 9.96.